The predicted octanol–water partition coefficient (Wildman–Crippen LogP) is 2.59. The average molecular weight is 164 g/mol. The van der Waals surface area contributed by atoms with Crippen LogP contribution in [0, 0.1) is 0 Å². The lowest BCUT2D eigenvalue weighted by atomic mass is 10.4. The van der Waals surface area contributed by atoms with Gasteiger partial charge in [0.1, 0.15) is 0 Å². The molecule has 1 aliphatic rings. The van der Waals surface area contributed by atoms with Gasteiger partial charge in [0.05, 0.1) is 0 Å². The van der Waals surface area contributed by atoms with Gasteiger partial charge in [0.25, 0.3) is 0 Å². The molecule has 0 amide bonds. The summed E-state index contributed by atoms with van der Waals surface area (Å²) in [4.78, 5) is 0. The highest BCUT2D eigenvalue weighted by atomic mass is 31.1. The van der Waals surface area contributed by atoms with Crippen molar-refractivity contribution in [2.24, 2.45) is 0 Å². The lowest BCUT2D eigenvalue weighted by Gasteiger charge is -1.96. The van der Waals surface area contributed by atoms with Crippen LogP contribution in [0.4, 0.5) is 0 Å². The molecule has 1 saturated heterocycles. The van der Waals surface area contributed by atoms with E-state index in [2.05, 4.69) is 37.3 Å². The molecule has 0 nitrogen and oxygen atoms in total. The molecule has 1 aromatic carbocycles. The van der Waals surface area contributed by atoms with E-state index >= 15 is 0 Å². The Bertz CT molecular complexity index is 230. The molecule has 0 aromatic heterocycles. The third-order valence-electron chi connectivity index (χ3n) is 2.27. The minimum absolute atomic E-state index is 0.291. The Hall–Kier alpha value is -0.350. The summed E-state index contributed by atoms with van der Waals surface area (Å²) in [6.45, 7) is 2.30. The van der Waals surface area contributed by atoms with Crippen LogP contribution in [-0.4, -0.2) is 11.8 Å². The van der Waals surface area contributed by atoms with Crippen molar-refractivity contribution in [3.8, 4) is 0 Å². The first-order chi connectivity index (χ1) is 5.42. The summed E-state index contributed by atoms with van der Waals surface area (Å²) in [5, 5.41) is 1.61. The summed E-state index contributed by atoms with van der Waals surface area (Å²) >= 11 is 0. The minimum Gasteiger partial charge on any atom is -0.0711 e. The first-order valence-corrected chi connectivity index (χ1v) is 5.83. The highest BCUT2D eigenvalue weighted by Gasteiger charge is 2.35. The van der Waals surface area contributed by atoms with Crippen molar-refractivity contribution < 1.29 is 0 Å². The zero-order valence-corrected chi connectivity index (χ0v) is 7.72. The van der Waals surface area contributed by atoms with E-state index in [1.54, 1.807) is 5.30 Å². The molecule has 2 atom stereocenters. The third kappa shape index (κ3) is 1.46. The van der Waals surface area contributed by atoms with E-state index in [0.29, 0.717) is 7.92 Å². The smallest absolute Gasteiger partial charge is 0.0129 e. The van der Waals surface area contributed by atoms with Gasteiger partial charge in [-0.15, -0.1) is 0 Å². The van der Waals surface area contributed by atoms with E-state index in [-0.39, 0.29) is 0 Å². The Labute approximate surface area is 69.4 Å². The Morgan fingerprint density at radius 2 is 2.09 bits per heavy atom. The van der Waals surface area contributed by atoms with Gasteiger partial charge in [-0.2, -0.15) is 0 Å². The molecule has 2 unspecified atom stereocenters. The van der Waals surface area contributed by atoms with Crippen LogP contribution in [0.25, 0.3) is 0 Å². The summed E-state index contributed by atoms with van der Waals surface area (Å²) < 4.78 is 0. The van der Waals surface area contributed by atoms with Crippen LogP contribution in [0.15, 0.2) is 30.3 Å². The Morgan fingerprint density at radius 1 is 1.36 bits per heavy atom. The normalized spacial score (nSPS) is 28.5. The topological polar surface area (TPSA) is 0 Å². The Balaban J connectivity index is 2.09. The molecular weight excluding hydrogens is 151 g/mol. The van der Waals surface area contributed by atoms with Gasteiger partial charge in [-0.05, 0) is 23.5 Å². The van der Waals surface area contributed by atoms with Crippen LogP contribution < -0.4 is 5.30 Å². The summed E-state index contributed by atoms with van der Waals surface area (Å²) in [5.41, 5.74) is 1.05. The third-order valence-corrected chi connectivity index (χ3v) is 5.03. The molecule has 11 heavy (non-hydrogen) atoms. The van der Waals surface area contributed by atoms with Crippen LogP contribution in [0.5, 0.6) is 0 Å². The first kappa shape index (κ1) is 7.31. The van der Waals surface area contributed by atoms with Crippen LogP contribution >= 0.6 is 7.92 Å². The van der Waals surface area contributed by atoms with E-state index in [1.165, 1.54) is 12.6 Å². The van der Waals surface area contributed by atoms with Gasteiger partial charge in [-0.1, -0.05) is 45.2 Å². The van der Waals surface area contributed by atoms with E-state index in [9.17, 15) is 0 Å². The predicted molar refractivity (Wildman–Crippen MR) is 51.9 cm³/mol. The minimum atomic E-state index is 0.291. The fourth-order valence-corrected chi connectivity index (χ4v) is 3.96. The monoisotopic (exact) mass is 164 g/mol. The molecule has 58 valence electrons. The summed E-state index contributed by atoms with van der Waals surface area (Å²) in [6, 6.07) is 11.0. The largest absolute Gasteiger partial charge is 0.0711 e. The van der Waals surface area contributed by atoms with Crippen molar-refractivity contribution in [1.82, 2.24) is 0 Å². The summed E-state index contributed by atoms with van der Waals surface area (Å²) in [7, 11) is 0.291. The van der Waals surface area contributed by atoms with E-state index in [4.69, 9.17) is 0 Å². The Kier molecular flexibility index (Phi) is 1.96. The van der Waals surface area contributed by atoms with Crippen molar-refractivity contribution in [2.45, 2.75) is 19.0 Å². The van der Waals surface area contributed by atoms with Crippen molar-refractivity contribution in [3.63, 3.8) is 0 Å². The van der Waals surface area contributed by atoms with E-state index < -0.39 is 0 Å². The SMILES string of the molecule is CCC1CP1c1ccccc1. The molecule has 2 rings (SSSR count). The van der Waals surface area contributed by atoms with Gasteiger partial charge in [-0.25, -0.2) is 0 Å². The first-order valence-electron chi connectivity index (χ1n) is 4.23. The van der Waals surface area contributed by atoms with Crippen molar-refractivity contribution >= 4 is 13.2 Å². The molecule has 0 N–H and O–H groups in total. The standard InChI is InChI=1S/C10H13P/c1-2-9-8-11(9)10-6-4-3-5-7-10/h3-7,9H,2,8H2,1H3. The quantitative estimate of drug-likeness (QED) is 0.589. The fourth-order valence-electron chi connectivity index (χ4n) is 1.47. The maximum Gasteiger partial charge on any atom is -0.0129 e. The van der Waals surface area contributed by atoms with Gasteiger partial charge in [0.15, 0.2) is 0 Å². The van der Waals surface area contributed by atoms with Crippen molar-refractivity contribution in [1.29, 1.82) is 0 Å². The van der Waals surface area contributed by atoms with Crippen molar-refractivity contribution in [3.05, 3.63) is 30.3 Å². The van der Waals surface area contributed by atoms with Gasteiger partial charge < -0.3 is 0 Å². The molecular formula is C10H13P. The number of benzene rings is 1. The molecule has 0 radical (unpaired) electrons. The second-order valence-corrected chi connectivity index (χ2v) is 5.60. The second kappa shape index (κ2) is 2.95. The van der Waals surface area contributed by atoms with Crippen LogP contribution in [0.1, 0.15) is 13.3 Å². The van der Waals surface area contributed by atoms with E-state index in [1.807, 2.05) is 0 Å². The zero-order valence-electron chi connectivity index (χ0n) is 6.83. The van der Waals surface area contributed by atoms with Gasteiger partial charge in [-0.3, -0.25) is 0 Å². The van der Waals surface area contributed by atoms with Crippen molar-refractivity contribution in [2.75, 3.05) is 6.16 Å². The number of rotatable bonds is 2. The molecule has 0 spiro atoms. The maximum absolute atomic E-state index is 2.30. The van der Waals surface area contributed by atoms with Crippen LogP contribution in [-0.2, 0) is 0 Å². The molecule has 1 fully saturated rings. The molecule has 0 bridgehead atoms. The lowest BCUT2D eigenvalue weighted by molar-refractivity contribution is 0.979. The molecule has 1 heterocycles. The fraction of sp³-hybridized carbons (Fsp3) is 0.400. The molecule has 1 heteroatoms. The van der Waals surface area contributed by atoms with Crippen LogP contribution in [0.3, 0.4) is 0 Å². The second-order valence-electron chi connectivity index (χ2n) is 3.05. The van der Waals surface area contributed by atoms with Gasteiger partial charge in [0.2, 0.25) is 0 Å². The van der Waals surface area contributed by atoms with Gasteiger partial charge in [0, 0.05) is 0 Å². The molecule has 0 aliphatic carbocycles. The summed E-state index contributed by atoms with van der Waals surface area (Å²) in [5.74, 6) is 0. The number of hydrogen-bond donors (Lipinski definition) is 0. The average Bonchev–Trinajstić information content (AvgIpc) is 2.85. The number of hydrogen-bond acceptors (Lipinski definition) is 0. The molecule has 0 saturated carbocycles. The van der Waals surface area contributed by atoms with Crippen LogP contribution in [0.2, 0.25) is 0 Å². The highest BCUT2D eigenvalue weighted by molar-refractivity contribution is 7.73. The maximum atomic E-state index is 2.30. The molecule has 1 aromatic rings. The zero-order chi connectivity index (χ0) is 7.68. The Morgan fingerprint density at radius 3 is 2.64 bits per heavy atom. The summed E-state index contributed by atoms with van der Waals surface area (Å²) in [6.07, 6.45) is 2.86. The highest BCUT2D eigenvalue weighted by Crippen LogP contribution is 2.58. The van der Waals surface area contributed by atoms with E-state index in [0.717, 1.165) is 5.66 Å². The lowest BCUT2D eigenvalue weighted by Crippen LogP contribution is -1.92. The molecule has 1 aliphatic heterocycles. The van der Waals surface area contributed by atoms with Gasteiger partial charge >= 0.3 is 0 Å².